The van der Waals surface area contributed by atoms with E-state index in [0.29, 0.717) is 0 Å². The highest BCUT2D eigenvalue weighted by molar-refractivity contribution is 7.25. The van der Waals surface area contributed by atoms with Crippen molar-refractivity contribution in [2.75, 3.05) is 0 Å². The Bertz CT molecular complexity index is 2430. The smallest absolute Gasteiger partial charge is 0.135 e. The lowest BCUT2D eigenvalue weighted by molar-refractivity contribution is 0.485. The second-order valence-corrected chi connectivity index (χ2v) is 13.5. The molecule has 0 spiro atoms. The van der Waals surface area contributed by atoms with Gasteiger partial charge in [0.25, 0.3) is 0 Å². The maximum absolute atomic E-state index is 6.77. The van der Waals surface area contributed by atoms with E-state index in [1.807, 2.05) is 24.3 Å². The maximum atomic E-state index is 6.77. The second-order valence-electron chi connectivity index (χ2n) is 12.4. The summed E-state index contributed by atoms with van der Waals surface area (Å²) in [6.07, 6.45) is 0. The largest absolute Gasteiger partial charge is 0.457 e. The Kier molecular flexibility index (Phi) is 8.09. The van der Waals surface area contributed by atoms with Crippen LogP contribution in [0.25, 0.3) is 64.7 Å². The molecule has 3 heteroatoms. The van der Waals surface area contributed by atoms with Gasteiger partial charge < -0.3 is 9.47 Å². The highest BCUT2D eigenvalue weighted by Crippen LogP contribution is 2.45. The molecule has 0 saturated carbocycles. The number of hydrogen-bond donors (Lipinski definition) is 0. The summed E-state index contributed by atoms with van der Waals surface area (Å²) in [6.45, 7) is 0. The number of fused-ring (bicyclic) bond motifs is 3. The first-order valence-electron chi connectivity index (χ1n) is 17.1. The number of benzene rings is 8. The van der Waals surface area contributed by atoms with Crippen molar-refractivity contribution in [1.82, 2.24) is 0 Å². The van der Waals surface area contributed by atoms with Crippen molar-refractivity contribution in [2.45, 2.75) is 0 Å². The maximum Gasteiger partial charge on any atom is 0.135 e. The second kappa shape index (κ2) is 13.5. The fourth-order valence-electron chi connectivity index (χ4n) is 6.87. The standard InChI is InChI=1S/C48H32O2S/c1-5-15-33(16-6-1)39-23-13-25-43(47(39)35-19-9-3-10-20-35)49-37-27-29-45-41(31-37)42-32-38(28-30-46(42)51-45)50-44-26-14-24-40(34-17-7-2-8-18-34)48(44)36-21-11-4-12-22-36/h1-32H. The molecule has 9 aromatic rings. The number of hydrogen-bond acceptors (Lipinski definition) is 3. The van der Waals surface area contributed by atoms with Gasteiger partial charge in [-0.2, -0.15) is 0 Å². The van der Waals surface area contributed by atoms with Crippen molar-refractivity contribution < 1.29 is 9.47 Å². The van der Waals surface area contributed by atoms with Gasteiger partial charge in [0.2, 0.25) is 0 Å². The van der Waals surface area contributed by atoms with Gasteiger partial charge >= 0.3 is 0 Å². The van der Waals surface area contributed by atoms with Gasteiger partial charge in [0.1, 0.15) is 23.0 Å². The summed E-state index contributed by atoms with van der Waals surface area (Å²) in [5.74, 6) is 3.21. The van der Waals surface area contributed by atoms with Gasteiger partial charge in [-0.05, 0) is 81.9 Å². The van der Waals surface area contributed by atoms with Crippen LogP contribution in [0, 0.1) is 0 Å². The molecule has 242 valence electrons. The molecule has 8 aromatic carbocycles. The van der Waals surface area contributed by atoms with Crippen LogP contribution in [0.3, 0.4) is 0 Å². The Hall–Kier alpha value is -6.42. The zero-order valence-corrected chi connectivity index (χ0v) is 28.5. The predicted octanol–water partition coefficient (Wildman–Crippen LogP) is 14.3. The number of ether oxygens (including phenoxy) is 2. The van der Waals surface area contributed by atoms with Gasteiger partial charge in [0, 0.05) is 31.3 Å². The van der Waals surface area contributed by atoms with E-state index in [9.17, 15) is 0 Å². The highest BCUT2D eigenvalue weighted by Gasteiger charge is 2.17. The quantitative estimate of drug-likeness (QED) is 0.160. The summed E-state index contributed by atoms with van der Waals surface area (Å²) in [7, 11) is 0. The molecule has 0 bridgehead atoms. The van der Waals surface area contributed by atoms with Gasteiger partial charge in [-0.1, -0.05) is 146 Å². The third-order valence-electron chi connectivity index (χ3n) is 9.21. The average Bonchev–Trinajstić information content (AvgIpc) is 3.56. The van der Waals surface area contributed by atoms with E-state index in [2.05, 4.69) is 170 Å². The minimum Gasteiger partial charge on any atom is -0.457 e. The molecule has 0 fully saturated rings. The first-order valence-corrected chi connectivity index (χ1v) is 17.9. The molecule has 0 atom stereocenters. The Morgan fingerprint density at radius 3 is 1.08 bits per heavy atom. The molecule has 0 saturated heterocycles. The molecule has 0 unspecified atom stereocenters. The van der Waals surface area contributed by atoms with E-state index in [-0.39, 0.29) is 0 Å². The van der Waals surface area contributed by atoms with Crippen LogP contribution in [0.4, 0.5) is 0 Å². The van der Waals surface area contributed by atoms with Crippen molar-refractivity contribution in [3.63, 3.8) is 0 Å². The third kappa shape index (κ3) is 6.05. The van der Waals surface area contributed by atoms with Crippen molar-refractivity contribution >= 4 is 31.5 Å². The van der Waals surface area contributed by atoms with E-state index in [0.717, 1.165) is 78.3 Å². The molecular weight excluding hydrogens is 641 g/mol. The van der Waals surface area contributed by atoms with Crippen molar-refractivity contribution in [3.05, 3.63) is 194 Å². The molecule has 51 heavy (non-hydrogen) atoms. The molecule has 0 N–H and O–H groups in total. The number of rotatable bonds is 8. The topological polar surface area (TPSA) is 18.5 Å². The minimum atomic E-state index is 0.790. The van der Waals surface area contributed by atoms with Gasteiger partial charge in [-0.15, -0.1) is 11.3 Å². The van der Waals surface area contributed by atoms with Crippen LogP contribution in [0.2, 0.25) is 0 Å². The lowest BCUT2D eigenvalue weighted by Crippen LogP contribution is -1.92. The van der Waals surface area contributed by atoms with Crippen molar-refractivity contribution in [2.24, 2.45) is 0 Å². The summed E-state index contributed by atoms with van der Waals surface area (Å²) in [6, 6.07) is 67.3. The Labute approximate surface area is 301 Å². The summed E-state index contributed by atoms with van der Waals surface area (Å²) < 4.78 is 15.9. The first-order chi connectivity index (χ1) is 25.3. The summed E-state index contributed by atoms with van der Waals surface area (Å²) >= 11 is 1.78. The molecule has 1 heterocycles. The van der Waals surface area contributed by atoms with Crippen LogP contribution >= 0.6 is 11.3 Å². The van der Waals surface area contributed by atoms with E-state index in [1.165, 1.54) is 9.40 Å². The van der Waals surface area contributed by atoms with Crippen LogP contribution in [0.15, 0.2) is 194 Å². The monoisotopic (exact) mass is 672 g/mol. The molecular formula is C48H32O2S. The van der Waals surface area contributed by atoms with Gasteiger partial charge in [-0.3, -0.25) is 0 Å². The molecule has 0 amide bonds. The Morgan fingerprint density at radius 2 is 0.686 bits per heavy atom. The van der Waals surface area contributed by atoms with E-state index < -0.39 is 0 Å². The highest BCUT2D eigenvalue weighted by atomic mass is 32.1. The lowest BCUT2D eigenvalue weighted by atomic mass is 9.94. The Morgan fingerprint density at radius 1 is 0.314 bits per heavy atom. The van der Waals surface area contributed by atoms with Crippen LogP contribution in [-0.2, 0) is 0 Å². The summed E-state index contributed by atoms with van der Waals surface area (Å²) in [4.78, 5) is 0. The molecule has 0 aliphatic heterocycles. The normalized spacial score (nSPS) is 11.1. The van der Waals surface area contributed by atoms with Crippen LogP contribution in [0.1, 0.15) is 0 Å². The molecule has 0 radical (unpaired) electrons. The van der Waals surface area contributed by atoms with Crippen LogP contribution < -0.4 is 9.47 Å². The Balaban J connectivity index is 1.11. The first kappa shape index (κ1) is 30.6. The predicted molar refractivity (Wildman–Crippen MR) is 214 cm³/mol. The zero-order chi connectivity index (χ0) is 34.0. The minimum absolute atomic E-state index is 0.790. The van der Waals surface area contributed by atoms with E-state index in [4.69, 9.17) is 9.47 Å². The van der Waals surface area contributed by atoms with Gasteiger partial charge in [0.15, 0.2) is 0 Å². The van der Waals surface area contributed by atoms with E-state index >= 15 is 0 Å². The summed E-state index contributed by atoms with van der Waals surface area (Å²) in [5, 5.41) is 2.28. The molecule has 1 aromatic heterocycles. The number of thiophene rings is 1. The van der Waals surface area contributed by atoms with Crippen molar-refractivity contribution in [1.29, 1.82) is 0 Å². The molecule has 0 aliphatic rings. The fourth-order valence-corrected chi connectivity index (χ4v) is 7.94. The van der Waals surface area contributed by atoms with Gasteiger partial charge in [-0.25, -0.2) is 0 Å². The zero-order valence-electron chi connectivity index (χ0n) is 27.7. The fraction of sp³-hybridized carbons (Fsp3) is 0. The summed E-state index contributed by atoms with van der Waals surface area (Å²) in [5.41, 5.74) is 8.94. The van der Waals surface area contributed by atoms with E-state index in [1.54, 1.807) is 11.3 Å². The lowest BCUT2D eigenvalue weighted by Gasteiger charge is -2.17. The third-order valence-corrected chi connectivity index (χ3v) is 10.4. The molecule has 0 aliphatic carbocycles. The molecule has 9 rings (SSSR count). The average molecular weight is 673 g/mol. The van der Waals surface area contributed by atoms with Crippen LogP contribution in [-0.4, -0.2) is 0 Å². The van der Waals surface area contributed by atoms with Crippen LogP contribution in [0.5, 0.6) is 23.0 Å². The SMILES string of the molecule is c1ccc(-c2cccc(Oc3ccc4sc5ccc(Oc6cccc(-c7ccccc7)c6-c6ccccc6)cc5c4c3)c2-c2ccccc2)cc1. The van der Waals surface area contributed by atoms with Crippen molar-refractivity contribution in [3.8, 4) is 67.5 Å². The molecule has 2 nitrogen and oxygen atoms in total. The van der Waals surface area contributed by atoms with Gasteiger partial charge in [0.05, 0.1) is 0 Å².